The van der Waals surface area contributed by atoms with Crippen molar-refractivity contribution in [1.82, 2.24) is 29.8 Å². The van der Waals surface area contributed by atoms with Crippen LogP contribution in [-0.4, -0.2) is 30.4 Å². The van der Waals surface area contributed by atoms with Gasteiger partial charge in [-0.25, -0.2) is 4.79 Å². The molecule has 0 bridgehead atoms. The lowest BCUT2D eigenvalue weighted by Crippen LogP contribution is -2.40. The van der Waals surface area contributed by atoms with Crippen molar-refractivity contribution in [2.24, 2.45) is 7.05 Å². The lowest BCUT2D eigenvalue weighted by Gasteiger charge is -2.08. The first kappa shape index (κ1) is 20.9. The molecule has 162 valence electrons. The van der Waals surface area contributed by atoms with Gasteiger partial charge in [-0.1, -0.05) is 52.7 Å². The van der Waals surface area contributed by atoms with Crippen molar-refractivity contribution in [2.45, 2.75) is 20.4 Å². The summed E-state index contributed by atoms with van der Waals surface area (Å²) in [6, 6.07) is 14.7. The molecule has 0 aliphatic carbocycles. The van der Waals surface area contributed by atoms with Crippen LogP contribution in [0.1, 0.15) is 27.4 Å². The summed E-state index contributed by atoms with van der Waals surface area (Å²) in [5.41, 5.74) is 1.96. The molecule has 4 aromatic rings. The summed E-state index contributed by atoms with van der Waals surface area (Å²) in [5, 5.41) is 10.5. The van der Waals surface area contributed by atoms with Crippen molar-refractivity contribution in [3.63, 3.8) is 0 Å². The third kappa shape index (κ3) is 4.10. The van der Waals surface area contributed by atoms with Crippen molar-refractivity contribution in [1.29, 1.82) is 0 Å². The van der Waals surface area contributed by atoms with Gasteiger partial charge < -0.3 is 9.84 Å². The van der Waals surface area contributed by atoms with Crippen LogP contribution in [0, 0.1) is 13.8 Å². The molecule has 0 unspecified atom stereocenters. The van der Waals surface area contributed by atoms with Crippen molar-refractivity contribution in [3.05, 3.63) is 92.0 Å². The summed E-state index contributed by atoms with van der Waals surface area (Å²) in [4.78, 5) is 41.6. The predicted molar refractivity (Wildman–Crippen MR) is 115 cm³/mol. The van der Waals surface area contributed by atoms with Crippen molar-refractivity contribution in [3.8, 4) is 17.2 Å². The van der Waals surface area contributed by atoms with Crippen LogP contribution in [0.15, 0.2) is 62.6 Å². The molecule has 0 saturated carbocycles. The maximum absolute atomic E-state index is 12.6. The van der Waals surface area contributed by atoms with Crippen LogP contribution in [-0.2, 0) is 13.6 Å². The van der Waals surface area contributed by atoms with Gasteiger partial charge in [0.15, 0.2) is 5.69 Å². The highest BCUT2D eigenvalue weighted by Gasteiger charge is 2.21. The van der Waals surface area contributed by atoms with E-state index in [1.54, 1.807) is 12.1 Å². The number of benzene rings is 2. The molecule has 1 amide bonds. The van der Waals surface area contributed by atoms with Crippen LogP contribution >= 0.6 is 0 Å². The number of rotatable bonds is 5. The molecule has 10 heteroatoms. The molecular formula is C22H20N6O4. The molecule has 0 aliphatic heterocycles. The first-order chi connectivity index (χ1) is 15.3. The van der Waals surface area contributed by atoms with E-state index < -0.39 is 17.2 Å². The highest BCUT2D eigenvalue weighted by atomic mass is 16.5. The number of amides is 1. The summed E-state index contributed by atoms with van der Waals surface area (Å²) in [7, 11) is 1.33. The van der Waals surface area contributed by atoms with Crippen LogP contribution in [0.2, 0.25) is 0 Å². The minimum Gasteiger partial charge on any atom is -0.344 e. The molecule has 0 aliphatic rings. The number of nitrogens with zero attached hydrogens (tertiary/aromatic N) is 5. The van der Waals surface area contributed by atoms with E-state index >= 15 is 0 Å². The second-order valence-electron chi connectivity index (χ2n) is 7.33. The first-order valence-electron chi connectivity index (χ1n) is 9.78. The van der Waals surface area contributed by atoms with E-state index in [0.29, 0.717) is 5.69 Å². The van der Waals surface area contributed by atoms with Gasteiger partial charge >= 0.3 is 17.5 Å². The van der Waals surface area contributed by atoms with E-state index in [9.17, 15) is 14.4 Å². The zero-order valence-corrected chi connectivity index (χ0v) is 17.7. The molecule has 32 heavy (non-hydrogen) atoms. The smallest absolute Gasteiger partial charge is 0.344 e. The molecule has 0 radical (unpaired) electrons. The van der Waals surface area contributed by atoms with Crippen LogP contribution in [0.4, 0.5) is 0 Å². The number of aromatic nitrogens is 5. The lowest BCUT2D eigenvalue weighted by atomic mass is 10.1. The second kappa shape index (κ2) is 8.42. The first-order valence-corrected chi connectivity index (χ1v) is 9.78. The fourth-order valence-corrected chi connectivity index (χ4v) is 2.94. The van der Waals surface area contributed by atoms with Gasteiger partial charge in [-0.2, -0.15) is 14.8 Å². The number of hydrogen-bond acceptors (Lipinski definition) is 7. The van der Waals surface area contributed by atoms with Gasteiger partial charge in [0.25, 0.3) is 5.56 Å². The average molecular weight is 432 g/mol. The summed E-state index contributed by atoms with van der Waals surface area (Å²) < 4.78 is 7.00. The number of hydrogen-bond donors (Lipinski definition) is 1. The summed E-state index contributed by atoms with van der Waals surface area (Å²) in [6.07, 6.45) is 0. The van der Waals surface area contributed by atoms with Crippen molar-refractivity contribution < 1.29 is 9.32 Å². The summed E-state index contributed by atoms with van der Waals surface area (Å²) in [5.74, 6) is -1.09. The maximum atomic E-state index is 12.6. The van der Waals surface area contributed by atoms with Gasteiger partial charge in [0.1, 0.15) is 0 Å². The van der Waals surface area contributed by atoms with Gasteiger partial charge in [-0.15, -0.1) is 0 Å². The Balaban J connectivity index is 1.62. The lowest BCUT2D eigenvalue weighted by molar-refractivity contribution is 0.0907. The highest BCUT2D eigenvalue weighted by molar-refractivity contribution is 5.89. The summed E-state index contributed by atoms with van der Waals surface area (Å²) in [6.45, 7) is 4.16. The molecule has 1 N–H and O–H groups in total. The van der Waals surface area contributed by atoms with Gasteiger partial charge in [0.05, 0.1) is 5.69 Å². The Bertz CT molecular complexity index is 1400. The third-order valence-electron chi connectivity index (χ3n) is 4.86. The van der Waals surface area contributed by atoms with E-state index in [0.717, 1.165) is 25.9 Å². The van der Waals surface area contributed by atoms with Gasteiger partial charge in [-0.05, 0) is 31.5 Å². The molecule has 0 atom stereocenters. The largest absolute Gasteiger partial charge is 0.351 e. The van der Waals surface area contributed by atoms with Crippen LogP contribution in [0.3, 0.4) is 0 Å². The highest BCUT2D eigenvalue weighted by Crippen LogP contribution is 2.11. The molecule has 4 rings (SSSR count). The molecule has 2 aromatic heterocycles. The van der Waals surface area contributed by atoms with Gasteiger partial charge in [0, 0.05) is 13.6 Å². The van der Waals surface area contributed by atoms with Crippen LogP contribution in [0.25, 0.3) is 17.2 Å². The van der Waals surface area contributed by atoms with E-state index in [1.165, 1.54) is 7.05 Å². The third-order valence-corrected chi connectivity index (χ3v) is 4.86. The normalized spacial score (nSPS) is 10.8. The van der Waals surface area contributed by atoms with E-state index in [-0.39, 0.29) is 24.0 Å². The van der Waals surface area contributed by atoms with Gasteiger partial charge in [-0.3, -0.25) is 14.2 Å². The van der Waals surface area contributed by atoms with Crippen LogP contribution < -0.4 is 16.6 Å². The molecule has 2 heterocycles. The van der Waals surface area contributed by atoms with E-state index in [1.807, 2.05) is 50.2 Å². The molecule has 10 nitrogen and oxygen atoms in total. The Morgan fingerprint density at radius 3 is 2.28 bits per heavy atom. The van der Waals surface area contributed by atoms with Crippen LogP contribution in [0.5, 0.6) is 0 Å². The van der Waals surface area contributed by atoms with E-state index in [2.05, 4.69) is 20.6 Å². The Hall–Kier alpha value is -4.34. The zero-order chi connectivity index (χ0) is 22.8. The summed E-state index contributed by atoms with van der Waals surface area (Å²) >= 11 is 0. The Kier molecular flexibility index (Phi) is 5.50. The monoisotopic (exact) mass is 432 g/mol. The number of nitrogens with one attached hydrogen (secondary N) is 1. The quantitative estimate of drug-likeness (QED) is 0.507. The topological polar surface area (TPSA) is 125 Å². The minimum absolute atomic E-state index is 0.188. The van der Waals surface area contributed by atoms with E-state index in [4.69, 9.17) is 4.52 Å². The molecular weight excluding hydrogens is 412 g/mol. The van der Waals surface area contributed by atoms with Crippen molar-refractivity contribution in [2.75, 3.05) is 0 Å². The minimum atomic E-state index is -0.703. The standard InChI is InChI=1S/C22H20N6O4/c1-13-4-8-15(9-5-13)12-23-19(29)20-24-18(26-32-20)17-21(30)27(3)22(31)28(25-17)16-10-6-14(2)7-11-16/h4-11H,12H2,1-3H3,(H,23,29). The molecule has 2 aromatic carbocycles. The fraction of sp³-hybridized carbons (Fsp3) is 0.182. The van der Waals surface area contributed by atoms with Gasteiger partial charge in [0.2, 0.25) is 5.82 Å². The Labute approximate surface area is 182 Å². The predicted octanol–water partition coefficient (Wildman–Crippen LogP) is 1.53. The average Bonchev–Trinajstić information content (AvgIpc) is 3.28. The number of aryl methyl sites for hydroxylation is 2. The Morgan fingerprint density at radius 2 is 1.62 bits per heavy atom. The maximum Gasteiger partial charge on any atom is 0.351 e. The SMILES string of the molecule is Cc1ccc(CNC(=O)c2nc(-c3nn(-c4ccc(C)cc4)c(=O)n(C)c3=O)no2)cc1. The number of carbonyl (C=O) groups is 1. The zero-order valence-electron chi connectivity index (χ0n) is 17.7. The second-order valence-corrected chi connectivity index (χ2v) is 7.33. The van der Waals surface area contributed by atoms with Crippen molar-refractivity contribution >= 4 is 5.91 Å². The molecule has 0 spiro atoms. The fourth-order valence-electron chi connectivity index (χ4n) is 2.94. The Morgan fingerprint density at radius 1 is 1.00 bits per heavy atom. The number of carbonyl (C=O) groups excluding carboxylic acids is 1. The molecule has 0 saturated heterocycles. The molecule has 0 fully saturated rings.